The van der Waals surface area contributed by atoms with Crippen molar-refractivity contribution in [3.63, 3.8) is 0 Å². The molecule has 1 aliphatic rings. The zero-order valence-electron chi connectivity index (χ0n) is 15.9. The van der Waals surface area contributed by atoms with Crippen LogP contribution in [0.25, 0.3) is 0 Å². The second kappa shape index (κ2) is 8.12. The molecule has 146 valence electrons. The molecular formula is C21H22N2O5. The predicted molar refractivity (Wildman–Crippen MR) is 105 cm³/mol. The molecule has 2 unspecified atom stereocenters. The van der Waals surface area contributed by atoms with Crippen LogP contribution in [0, 0.1) is 11.8 Å². The van der Waals surface area contributed by atoms with Gasteiger partial charge in [0, 0.05) is 23.0 Å². The van der Waals surface area contributed by atoms with E-state index >= 15 is 0 Å². The van der Waals surface area contributed by atoms with E-state index in [1.165, 1.54) is 21.1 Å². The number of hydrogen-bond acceptors (Lipinski definition) is 5. The summed E-state index contributed by atoms with van der Waals surface area (Å²) in [5.74, 6) is -0.217. The smallest absolute Gasteiger partial charge is 0.228 e. The number of amides is 2. The molecule has 0 saturated heterocycles. The minimum Gasteiger partial charge on any atom is -0.493 e. The molecule has 0 spiro atoms. The highest BCUT2D eigenvalue weighted by Crippen LogP contribution is 2.40. The Labute approximate surface area is 163 Å². The fraction of sp³-hybridized carbons (Fsp3) is 0.286. The number of anilines is 2. The van der Waals surface area contributed by atoms with Gasteiger partial charge in [-0.1, -0.05) is 12.1 Å². The van der Waals surface area contributed by atoms with Gasteiger partial charge in [0.25, 0.3) is 0 Å². The number of rotatable bonds is 7. The Balaban J connectivity index is 1.59. The summed E-state index contributed by atoms with van der Waals surface area (Å²) in [7, 11) is 3.06. The number of benzene rings is 2. The van der Waals surface area contributed by atoms with Crippen molar-refractivity contribution >= 4 is 29.0 Å². The van der Waals surface area contributed by atoms with E-state index < -0.39 is 0 Å². The van der Waals surface area contributed by atoms with Crippen molar-refractivity contribution in [3.8, 4) is 11.5 Å². The normalized spacial score (nSPS) is 17.4. The van der Waals surface area contributed by atoms with Crippen LogP contribution in [-0.4, -0.2) is 31.8 Å². The standard InChI is InChI=1S/C21H22N2O5/c1-12(24)13-5-4-6-14(9-13)22-20(25)16-11-17(16)21(26)23-15-7-8-18(27-2)19(10-15)28-3/h4-10,16-17H,11H2,1-3H3,(H,22,25)(H,23,26). The topological polar surface area (TPSA) is 93.7 Å². The maximum absolute atomic E-state index is 12.4. The van der Waals surface area contributed by atoms with Gasteiger partial charge < -0.3 is 20.1 Å². The molecule has 2 atom stereocenters. The second-order valence-corrected chi connectivity index (χ2v) is 6.63. The van der Waals surface area contributed by atoms with Gasteiger partial charge >= 0.3 is 0 Å². The van der Waals surface area contributed by atoms with Crippen molar-refractivity contribution in [2.24, 2.45) is 11.8 Å². The van der Waals surface area contributed by atoms with Crippen LogP contribution in [0.4, 0.5) is 11.4 Å². The van der Waals surface area contributed by atoms with E-state index in [0.29, 0.717) is 34.9 Å². The Morgan fingerprint density at radius 1 is 0.857 bits per heavy atom. The number of carbonyl (C=O) groups is 3. The van der Waals surface area contributed by atoms with E-state index in [-0.39, 0.29) is 29.4 Å². The molecule has 2 amide bonds. The maximum atomic E-state index is 12.4. The summed E-state index contributed by atoms with van der Waals surface area (Å²) in [5.41, 5.74) is 1.64. The lowest BCUT2D eigenvalue weighted by Gasteiger charge is -2.10. The zero-order chi connectivity index (χ0) is 20.3. The molecule has 1 saturated carbocycles. The zero-order valence-corrected chi connectivity index (χ0v) is 15.9. The van der Waals surface area contributed by atoms with Crippen molar-refractivity contribution in [1.82, 2.24) is 0 Å². The van der Waals surface area contributed by atoms with E-state index in [1.54, 1.807) is 42.5 Å². The SMILES string of the molecule is COc1ccc(NC(=O)C2CC2C(=O)Nc2cccc(C(C)=O)c2)cc1OC. The highest BCUT2D eigenvalue weighted by Gasteiger charge is 2.48. The van der Waals surface area contributed by atoms with Gasteiger partial charge in [0.2, 0.25) is 11.8 Å². The number of hydrogen-bond donors (Lipinski definition) is 2. The molecule has 0 aromatic heterocycles. The summed E-state index contributed by atoms with van der Waals surface area (Å²) < 4.78 is 10.4. The number of carbonyl (C=O) groups excluding carboxylic acids is 3. The Morgan fingerprint density at radius 3 is 2.04 bits per heavy atom. The van der Waals surface area contributed by atoms with Crippen LogP contribution in [0.3, 0.4) is 0 Å². The molecule has 2 aromatic rings. The first kappa shape index (κ1) is 19.4. The minimum atomic E-state index is -0.388. The molecule has 0 radical (unpaired) electrons. The Kier molecular flexibility index (Phi) is 5.63. The fourth-order valence-corrected chi connectivity index (χ4v) is 2.97. The molecule has 1 fully saturated rings. The summed E-state index contributed by atoms with van der Waals surface area (Å²) in [6.45, 7) is 1.47. The lowest BCUT2D eigenvalue weighted by Crippen LogP contribution is -2.20. The number of Topliss-reactive ketones (excluding diaryl/α,β-unsaturated/α-hetero) is 1. The first-order valence-electron chi connectivity index (χ1n) is 8.87. The average molecular weight is 382 g/mol. The van der Waals surface area contributed by atoms with Gasteiger partial charge in [-0.15, -0.1) is 0 Å². The monoisotopic (exact) mass is 382 g/mol. The van der Waals surface area contributed by atoms with E-state index in [1.807, 2.05) is 0 Å². The first-order valence-corrected chi connectivity index (χ1v) is 8.87. The average Bonchev–Trinajstić information content (AvgIpc) is 3.49. The van der Waals surface area contributed by atoms with Crippen molar-refractivity contribution in [3.05, 3.63) is 48.0 Å². The van der Waals surface area contributed by atoms with Crippen molar-refractivity contribution in [2.75, 3.05) is 24.9 Å². The third-order valence-corrected chi connectivity index (χ3v) is 4.65. The minimum absolute atomic E-state index is 0.0744. The summed E-state index contributed by atoms with van der Waals surface area (Å²) in [6.07, 6.45) is 0.483. The molecule has 3 rings (SSSR count). The molecule has 7 heteroatoms. The van der Waals surface area contributed by atoms with E-state index in [9.17, 15) is 14.4 Å². The molecular weight excluding hydrogens is 360 g/mol. The van der Waals surface area contributed by atoms with Crippen molar-refractivity contribution < 1.29 is 23.9 Å². The molecule has 7 nitrogen and oxygen atoms in total. The van der Waals surface area contributed by atoms with Crippen molar-refractivity contribution in [2.45, 2.75) is 13.3 Å². The Morgan fingerprint density at radius 2 is 1.46 bits per heavy atom. The Hall–Kier alpha value is -3.35. The lowest BCUT2D eigenvalue weighted by atomic mass is 10.1. The van der Waals surface area contributed by atoms with Crippen LogP contribution in [0.2, 0.25) is 0 Å². The summed E-state index contributed by atoms with van der Waals surface area (Å²) in [5, 5.41) is 5.58. The molecule has 2 aromatic carbocycles. The van der Waals surface area contributed by atoms with Crippen LogP contribution in [0.1, 0.15) is 23.7 Å². The van der Waals surface area contributed by atoms with Crippen LogP contribution in [0.5, 0.6) is 11.5 Å². The van der Waals surface area contributed by atoms with Crippen LogP contribution in [-0.2, 0) is 9.59 Å². The summed E-state index contributed by atoms with van der Waals surface area (Å²) >= 11 is 0. The summed E-state index contributed by atoms with van der Waals surface area (Å²) in [4.78, 5) is 36.3. The van der Waals surface area contributed by atoms with E-state index in [2.05, 4.69) is 10.6 Å². The largest absolute Gasteiger partial charge is 0.493 e. The molecule has 28 heavy (non-hydrogen) atoms. The molecule has 0 heterocycles. The van der Waals surface area contributed by atoms with Crippen LogP contribution >= 0.6 is 0 Å². The molecule has 1 aliphatic carbocycles. The fourth-order valence-electron chi connectivity index (χ4n) is 2.97. The second-order valence-electron chi connectivity index (χ2n) is 6.63. The lowest BCUT2D eigenvalue weighted by molar-refractivity contribution is -0.122. The molecule has 0 bridgehead atoms. The molecule has 0 aliphatic heterocycles. The number of nitrogens with one attached hydrogen (secondary N) is 2. The van der Waals surface area contributed by atoms with Gasteiger partial charge in [-0.25, -0.2) is 0 Å². The van der Waals surface area contributed by atoms with Crippen LogP contribution < -0.4 is 20.1 Å². The quantitative estimate of drug-likeness (QED) is 0.718. The van der Waals surface area contributed by atoms with Crippen LogP contribution in [0.15, 0.2) is 42.5 Å². The van der Waals surface area contributed by atoms with Gasteiger partial charge in [0.1, 0.15) is 0 Å². The molecule has 2 N–H and O–H groups in total. The number of ether oxygens (including phenoxy) is 2. The number of methoxy groups -OCH3 is 2. The van der Waals surface area contributed by atoms with Gasteiger partial charge in [-0.3, -0.25) is 14.4 Å². The maximum Gasteiger partial charge on any atom is 0.228 e. The van der Waals surface area contributed by atoms with Crippen molar-refractivity contribution in [1.29, 1.82) is 0 Å². The van der Waals surface area contributed by atoms with Gasteiger partial charge in [0.15, 0.2) is 17.3 Å². The predicted octanol–water partition coefficient (Wildman–Crippen LogP) is 3.12. The third kappa shape index (κ3) is 4.31. The summed E-state index contributed by atoms with van der Waals surface area (Å²) in [6, 6.07) is 11.8. The first-order chi connectivity index (χ1) is 13.4. The van der Waals surface area contributed by atoms with Gasteiger partial charge in [-0.05, 0) is 37.6 Å². The Bertz CT molecular complexity index is 925. The van der Waals surface area contributed by atoms with Gasteiger partial charge in [0.05, 0.1) is 26.1 Å². The van der Waals surface area contributed by atoms with E-state index in [0.717, 1.165) is 0 Å². The van der Waals surface area contributed by atoms with E-state index in [4.69, 9.17) is 9.47 Å². The third-order valence-electron chi connectivity index (χ3n) is 4.65. The van der Waals surface area contributed by atoms with Gasteiger partial charge in [-0.2, -0.15) is 0 Å². The highest BCUT2D eigenvalue weighted by molar-refractivity contribution is 6.04. The highest BCUT2D eigenvalue weighted by atomic mass is 16.5. The number of ketones is 1.